The fraction of sp³-hybridized carbons (Fsp3) is 0.412. The highest BCUT2D eigenvalue weighted by molar-refractivity contribution is 7.99. The molecule has 0 radical (unpaired) electrons. The van der Waals surface area contributed by atoms with Crippen molar-refractivity contribution in [3.8, 4) is 0 Å². The molecular formula is C17H22N6OS. The second-order valence-electron chi connectivity index (χ2n) is 5.86. The number of hydrogen-bond donors (Lipinski definition) is 1. The highest BCUT2D eigenvalue weighted by Gasteiger charge is 2.16. The Labute approximate surface area is 150 Å². The SMILES string of the molecule is CCn1c(C)nnc1SCCNC(=O)c1c(C)nc2ccc(C)cn12. The Balaban J connectivity index is 1.63. The molecule has 0 aromatic carbocycles. The Morgan fingerprint density at radius 1 is 1.24 bits per heavy atom. The van der Waals surface area contributed by atoms with Crippen LogP contribution in [0.5, 0.6) is 0 Å². The molecule has 132 valence electrons. The number of imidazole rings is 1. The molecule has 0 unspecified atom stereocenters. The van der Waals surface area contributed by atoms with Crippen molar-refractivity contribution in [1.29, 1.82) is 0 Å². The summed E-state index contributed by atoms with van der Waals surface area (Å²) in [5, 5.41) is 12.1. The number of rotatable bonds is 6. The van der Waals surface area contributed by atoms with Crippen molar-refractivity contribution in [3.05, 3.63) is 41.1 Å². The van der Waals surface area contributed by atoms with Crippen molar-refractivity contribution >= 4 is 23.3 Å². The van der Waals surface area contributed by atoms with E-state index in [1.54, 1.807) is 11.8 Å². The van der Waals surface area contributed by atoms with Crippen LogP contribution < -0.4 is 5.32 Å². The van der Waals surface area contributed by atoms with E-state index in [4.69, 9.17) is 0 Å². The van der Waals surface area contributed by atoms with Crippen LogP contribution in [0.1, 0.15) is 34.5 Å². The van der Waals surface area contributed by atoms with Crippen LogP contribution in [0.2, 0.25) is 0 Å². The maximum absolute atomic E-state index is 12.6. The third-order valence-corrected chi connectivity index (χ3v) is 4.96. The van der Waals surface area contributed by atoms with Gasteiger partial charge in [0.05, 0.1) is 5.69 Å². The second kappa shape index (κ2) is 7.26. The van der Waals surface area contributed by atoms with Crippen molar-refractivity contribution < 1.29 is 4.79 Å². The first-order chi connectivity index (χ1) is 12.0. The molecule has 3 heterocycles. The van der Waals surface area contributed by atoms with E-state index in [0.717, 1.165) is 40.2 Å². The van der Waals surface area contributed by atoms with Crippen LogP contribution in [0.25, 0.3) is 5.65 Å². The topological polar surface area (TPSA) is 77.1 Å². The van der Waals surface area contributed by atoms with Gasteiger partial charge in [0.1, 0.15) is 17.2 Å². The van der Waals surface area contributed by atoms with Crippen LogP contribution in [0.15, 0.2) is 23.5 Å². The monoisotopic (exact) mass is 358 g/mol. The molecule has 0 bridgehead atoms. The highest BCUT2D eigenvalue weighted by Crippen LogP contribution is 2.16. The van der Waals surface area contributed by atoms with Crippen LogP contribution in [-0.2, 0) is 6.54 Å². The summed E-state index contributed by atoms with van der Waals surface area (Å²) in [7, 11) is 0. The summed E-state index contributed by atoms with van der Waals surface area (Å²) in [4.78, 5) is 17.0. The van der Waals surface area contributed by atoms with Gasteiger partial charge in [0.25, 0.3) is 5.91 Å². The van der Waals surface area contributed by atoms with E-state index in [2.05, 4.69) is 32.0 Å². The van der Waals surface area contributed by atoms with Crippen LogP contribution in [-0.4, -0.2) is 42.4 Å². The molecular weight excluding hydrogens is 336 g/mol. The van der Waals surface area contributed by atoms with Gasteiger partial charge in [0.2, 0.25) is 0 Å². The molecule has 0 atom stereocenters. The molecule has 0 aliphatic heterocycles. The van der Waals surface area contributed by atoms with Gasteiger partial charge in [-0.05, 0) is 39.3 Å². The average molecular weight is 358 g/mol. The summed E-state index contributed by atoms with van der Waals surface area (Å²) in [6.45, 7) is 9.26. The van der Waals surface area contributed by atoms with Crippen molar-refractivity contribution in [2.45, 2.75) is 39.4 Å². The van der Waals surface area contributed by atoms with Gasteiger partial charge in [-0.3, -0.25) is 9.20 Å². The molecule has 3 aromatic rings. The van der Waals surface area contributed by atoms with Crippen molar-refractivity contribution in [2.75, 3.05) is 12.3 Å². The Kier molecular flexibility index (Phi) is 5.08. The number of amides is 1. The Morgan fingerprint density at radius 3 is 2.80 bits per heavy atom. The number of nitrogens with one attached hydrogen (secondary N) is 1. The quantitative estimate of drug-likeness (QED) is 0.541. The van der Waals surface area contributed by atoms with Gasteiger partial charge in [-0.1, -0.05) is 17.8 Å². The molecule has 0 aliphatic carbocycles. The predicted octanol–water partition coefficient (Wildman–Crippen LogP) is 2.39. The van der Waals surface area contributed by atoms with E-state index in [0.29, 0.717) is 12.2 Å². The van der Waals surface area contributed by atoms with Crippen molar-refractivity contribution in [2.24, 2.45) is 0 Å². The number of nitrogens with zero attached hydrogens (tertiary/aromatic N) is 5. The van der Waals surface area contributed by atoms with Crippen LogP contribution in [0.3, 0.4) is 0 Å². The third-order valence-electron chi connectivity index (χ3n) is 3.99. The molecule has 0 fully saturated rings. The van der Waals surface area contributed by atoms with E-state index in [-0.39, 0.29) is 5.91 Å². The van der Waals surface area contributed by atoms with Gasteiger partial charge in [-0.2, -0.15) is 0 Å². The van der Waals surface area contributed by atoms with Gasteiger partial charge >= 0.3 is 0 Å². The Bertz CT molecular complexity index is 913. The van der Waals surface area contributed by atoms with Crippen LogP contribution >= 0.6 is 11.8 Å². The maximum atomic E-state index is 12.6. The Morgan fingerprint density at radius 2 is 2.04 bits per heavy atom. The lowest BCUT2D eigenvalue weighted by atomic mass is 10.3. The fourth-order valence-corrected chi connectivity index (χ4v) is 3.67. The van der Waals surface area contributed by atoms with Gasteiger partial charge < -0.3 is 9.88 Å². The predicted molar refractivity (Wildman–Crippen MR) is 98.2 cm³/mol. The van der Waals surface area contributed by atoms with E-state index < -0.39 is 0 Å². The minimum absolute atomic E-state index is 0.107. The summed E-state index contributed by atoms with van der Waals surface area (Å²) in [5.41, 5.74) is 3.20. The van der Waals surface area contributed by atoms with Crippen LogP contribution in [0, 0.1) is 20.8 Å². The Hall–Kier alpha value is -2.35. The maximum Gasteiger partial charge on any atom is 0.270 e. The van der Waals surface area contributed by atoms with Gasteiger partial charge in [-0.25, -0.2) is 4.98 Å². The lowest BCUT2D eigenvalue weighted by Gasteiger charge is -2.07. The molecule has 1 N–H and O–H groups in total. The number of fused-ring (bicyclic) bond motifs is 1. The molecule has 0 spiro atoms. The summed E-state index contributed by atoms with van der Waals surface area (Å²) in [5.74, 6) is 1.54. The molecule has 25 heavy (non-hydrogen) atoms. The molecule has 1 amide bonds. The number of pyridine rings is 1. The van der Waals surface area contributed by atoms with Crippen molar-refractivity contribution in [3.63, 3.8) is 0 Å². The first kappa shape index (κ1) is 17.5. The van der Waals surface area contributed by atoms with E-state index in [1.165, 1.54) is 0 Å². The number of thioether (sulfide) groups is 1. The molecule has 7 nitrogen and oxygen atoms in total. The number of hydrogen-bond acceptors (Lipinski definition) is 5. The first-order valence-electron chi connectivity index (χ1n) is 8.27. The highest BCUT2D eigenvalue weighted by atomic mass is 32.2. The molecule has 8 heteroatoms. The van der Waals surface area contributed by atoms with E-state index >= 15 is 0 Å². The number of carbonyl (C=O) groups is 1. The van der Waals surface area contributed by atoms with E-state index in [1.807, 2.05) is 43.5 Å². The molecule has 3 aromatic heterocycles. The third kappa shape index (κ3) is 3.53. The summed E-state index contributed by atoms with van der Waals surface area (Å²) in [6.07, 6.45) is 1.94. The number of aryl methyl sites for hydroxylation is 3. The zero-order valence-electron chi connectivity index (χ0n) is 14.9. The first-order valence-corrected chi connectivity index (χ1v) is 9.26. The molecule has 0 saturated carbocycles. The summed E-state index contributed by atoms with van der Waals surface area (Å²) in [6, 6.07) is 3.92. The van der Waals surface area contributed by atoms with Crippen molar-refractivity contribution in [1.82, 2.24) is 29.5 Å². The van der Waals surface area contributed by atoms with Gasteiger partial charge in [-0.15, -0.1) is 10.2 Å². The minimum atomic E-state index is -0.107. The largest absolute Gasteiger partial charge is 0.350 e. The van der Waals surface area contributed by atoms with Gasteiger partial charge in [0, 0.05) is 25.0 Å². The van der Waals surface area contributed by atoms with E-state index in [9.17, 15) is 4.79 Å². The second-order valence-corrected chi connectivity index (χ2v) is 6.92. The lowest BCUT2D eigenvalue weighted by molar-refractivity contribution is 0.0949. The summed E-state index contributed by atoms with van der Waals surface area (Å²) >= 11 is 1.59. The minimum Gasteiger partial charge on any atom is -0.350 e. The fourth-order valence-electron chi connectivity index (χ4n) is 2.77. The number of aromatic nitrogens is 5. The standard InChI is InChI=1S/C17H22N6OS/c1-5-22-13(4)20-21-17(22)25-9-8-18-16(24)15-12(3)19-14-7-6-11(2)10-23(14)15/h6-7,10H,5,8-9H2,1-4H3,(H,18,24). The zero-order chi connectivity index (χ0) is 18.0. The van der Waals surface area contributed by atoms with Crippen LogP contribution in [0.4, 0.5) is 0 Å². The lowest BCUT2D eigenvalue weighted by Crippen LogP contribution is -2.27. The normalized spacial score (nSPS) is 11.2. The number of carbonyl (C=O) groups excluding carboxylic acids is 1. The summed E-state index contributed by atoms with van der Waals surface area (Å²) < 4.78 is 3.91. The average Bonchev–Trinajstić information content (AvgIpc) is 3.09. The van der Waals surface area contributed by atoms with Gasteiger partial charge in [0.15, 0.2) is 5.16 Å². The zero-order valence-corrected chi connectivity index (χ0v) is 15.7. The molecule has 3 rings (SSSR count). The molecule has 0 aliphatic rings. The smallest absolute Gasteiger partial charge is 0.270 e. The molecule has 0 saturated heterocycles.